The zero-order valence-corrected chi connectivity index (χ0v) is 10.2. The molecule has 1 rings (SSSR count). The summed E-state index contributed by atoms with van der Waals surface area (Å²) in [6.07, 6.45) is 8.92. The van der Waals surface area contributed by atoms with Gasteiger partial charge in [0.15, 0.2) is 0 Å². The Morgan fingerprint density at radius 1 is 1.00 bits per heavy atom. The third kappa shape index (κ3) is 15.8. The summed E-state index contributed by atoms with van der Waals surface area (Å²) in [5, 5.41) is 8.19. The molecule has 0 aromatic heterocycles. The maximum atomic E-state index is 8.19. The summed E-state index contributed by atoms with van der Waals surface area (Å²) in [5.41, 5.74) is 13.5. The highest BCUT2D eigenvalue weighted by atomic mass is 14.4. The van der Waals surface area contributed by atoms with Crippen molar-refractivity contribution in [1.82, 2.24) is 0 Å². The van der Waals surface area contributed by atoms with Crippen LogP contribution in [0.5, 0.6) is 0 Å². The van der Waals surface area contributed by atoms with Gasteiger partial charge in [0.2, 0.25) is 0 Å². The lowest BCUT2D eigenvalue weighted by atomic mass is 10.1. The monoisotopic (exact) mass is 214 g/mol. The topological polar surface area (TPSA) is 102 Å². The lowest BCUT2D eigenvalue weighted by Crippen LogP contribution is -1.83. The van der Waals surface area contributed by atoms with Gasteiger partial charge in [0.05, 0.1) is 6.07 Å². The lowest BCUT2D eigenvalue weighted by Gasteiger charge is -1.95. The van der Waals surface area contributed by atoms with Crippen molar-refractivity contribution < 1.29 is 0 Å². The molecule has 0 heterocycles. The molecule has 0 bridgehead atoms. The number of nitriles is 1. The molecule has 15 heavy (non-hydrogen) atoms. The fraction of sp³-hybridized carbons (Fsp3) is 0.727. The predicted molar refractivity (Wildman–Crippen MR) is 67.0 cm³/mol. The van der Waals surface area contributed by atoms with Crippen molar-refractivity contribution in [1.29, 1.82) is 5.26 Å². The molecule has 1 aliphatic carbocycles. The van der Waals surface area contributed by atoms with E-state index in [1.54, 1.807) is 6.08 Å². The fourth-order valence-corrected chi connectivity index (χ4v) is 1.33. The molecule has 0 aromatic rings. The molecule has 0 atom stereocenters. The second kappa shape index (κ2) is 23.2. The van der Waals surface area contributed by atoms with E-state index in [0.29, 0.717) is 5.92 Å². The smallest absolute Gasteiger partial charge is 0.0908 e. The van der Waals surface area contributed by atoms with Gasteiger partial charge in [-0.25, -0.2) is 0 Å². The van der Waals surface area contributed by atoms with Crippen LogP contribution in [0.3, 0.4) is 0 Å². The Morgan fingerprint density at radius 2 is 1.40 bits per heavy atom. The third-order valence-corrected chi connectivity index (χ3v) is 1.84. The average Bonchev–Trinajstić information content (AvgIpc) is 2.87. The second-order valence-corrected chi connectivity index (χ2v) is 2.53. The molecule has 1 fully saturated rings. The molecule has 0 aliphatic heterocycles. The predicted octanol–water partition coefficient (Wildman–Crippen LogP) is 0.981. The van der Waals surface area contributed by atoms with Gasteiger partial charge in [-0.05, 0) is 39.9 Å². The Hall–Kier alpha value is -0.890. The Labute approximate surface area is 94.1 Å². The van der Waals surface area contributed by atoms with E-state index in [1.807, 2.05) is 12.1 Å². The van der Waals surface area contributed by atoms with Gasteiger partial charge in [-0.15, -0.1) is 0 Å². The fourth-order valence-electron chi connectivity index (χ4n) is 1.33. The van der Waals surface area contributed by atoms with Crippen LogP contribution >= 0.6 is 0 Å². The third-order valence-electron chi connectivity index (χ3n) is 1.84. The van der Waals surface area contributed by atoms with Crippen LogP contribution in [0.4, 0.5) is 0 Å². The van der Waals surface area contributed by atoms with Gasteiger partial charge in [0, 0.05) is 6.08 Å². The zero-order chi connectivity index (χ0) is 12.5. The normalized spacial score (nSPS) is 13.7. The molecule has 0 saturated heterocycles. The Morgan fingerprint density at radius 3 is 1.73 bits per heavy atom. The summed E-state index contributed by atoms with van der Waals surface area (Å²) in [5.74, 6) is 0.713. The summed E-state index contributed by atoms with van der Waals surface area (Å²) in [7, 11) is 4.50. The van der Waals surface area contributed by atoms with Gasteiger partial charge < -0.3 is 17.2 Å². The maximum absolute atomic E-state index is 8.19. The molecule has 0 aromatic carbocycles. The van der Waals surface area contributed by atoms with Crippen LogP contribution in [0.25, 0.3) is 0 Å². The summed E-state index contributed by atoms with van der Waals surface area (Å²) in [6, 6.07) is 2.01. The molecule has 1 saturated carbocycles. The molecule has 1 aliphatic rings. The van der Waals surface area contributed by atoms with Crippen LogP contribution in [0.1, 0.15) is 25.7 Å². The summed E-state index contributed by atoms with van der Waals surface area (Å²) in [6.45, 7) is 0. The van der Waals surface area contributed by atoms with Gasteiger partial charge >= 0.3 is 0 Å². The standard InChI is InChI=1S/C8H11N.3CH5N/c9-7-3-6-8-4-1-2-5-8;3*1-2/h3,6,8H,1-2,4-5H2;3*2H2,1H3. The molecular formula is C11H26N4. The average molecular weight is 214 g/mol. The molecule has 0 amide bonds. The van der Waals surface area contributed by atoms with Crippen LogP contribution in [0.15, 0.2) is 12.2 Å². The van der Waals surface area contributed by atoms with Gasteiger partial charge in [0.25, 0.3) is 0 Å². The number of hydrogen-bond donors (Lipinski definition) is 3. The Bertz CT molecular complexity index is 143. The van der Waals surface area contributed by atoms with E-state index < -0.39 is 0 Å². The van der Waals surface area contributed by atoms with E-state index >= 15 is 0 Å². The molecule has 90 valence electrons. The number of allylic oxidation sites excluding steroid dienone is 2. The number of nitrogens with two attached hydrogens (primary N) is 3. The van der Waals surface area contributed by atoms with E-state index in [4.69, 9.17) is 5.26 Å². The van der Waals surface area contributed by atoms with Crippen molar-refractivity contribution in [2.45, 2.75) is 25.7 Å². The minimum absolute atomic E-state index is 0.713. The van der Waals surface area contributed by atoms with Crippen molar-refractivity contribution in [3.63, 3.8) is 0 Å². The minimum atomic E-state index is 0.713. The zero-order valence-electron chi connectivity index (χ0n) is 10.2. The summed E-state index contributed by atoms with van der Waals surface area (Å²) < 4.78 is 0. The van der Waals surface area contributed by atoms with Crippen LogP contribution < -0.4 is 17.2 Å². The Kier molecular flexibility index (Phi) is 30.3. The molecule has 0 spiro atoms. The van der Waals surface area contributed by atoms with Crippen LogP contribution in [-0.4, -0.2) is 21.1 Å². The largest absolute Gasteiger partial charge is 0.333 e. The molecule has 0 radical (unpaired) electrons. The first-order valence-electron chi connectivity index (χ1n) is 5.23. The molecule has 4 nitrogen and oxygen atoms in total. The Balaban J connectivity index is -0.000000208. The van der Waals surface area contributed by atoms with Crippen LogP contribution in [-0.2, 0) is 0 Å². The lowest BCUT2D eigenvalue weighted by molar-refractivity contribution is 0.686. The number of rotatable bonds is 1. The highest BCUT2D eigenvalue weighted by Gasteiger charge is 2.10. The first-order chi connectivity index (χ1) is 7.43. The van der Waals surface area contributed by atoms with Gasteiger partial charge in [0.1, 0.15) is 0 Å². The van der Waals surface area contributed by atoms with Crippen molar-refractivity contribution in [3.8, 4) is 6.07 Å². The first kappa shape index (κ1) is 19.6. The second-order valence-electron chi connectivity index (χ2n) is 2.53. The number of nitrogens with zero attached hydrogens (tertiary/aromatic N) is 1. The molecule has 4 heteroatoms. The molecule has 6 N–H and O–H groups in total. The van der Waals surface area contributed by atoms with Crippen molar-refractivity contribution >= 4 is 0 Å². The van der Waals surface area contributed by atoms with E-state index in [0.717, 1.165) is 0 Å². The van der Waals surface area contributed by atoms with Crippen molar-refractivity contribution in [2.75, 3.05) is 21.1 Å². The van der Waals surface area contributed by atoms with Gasteiger partial charge in [-0.2, -0.15) is 5.26 Å². The summed E-state index contributed by atoms with van der Waals surface area (Å²) in [4.78, 5) is 0. The van der Waals surface area contributed by atoms with Crippen LogP contribution in [0, 0.1) is 17.2 Å². The molecular weight excluding hydrogens is 188 g/mol. The van der Waals surface area contributed by atoms with Crippen molar-refractivity contribution in [2.24, 2.45) is 23.1 Å². The highest BCUT2D eigenvalue weighted by molar-refractivity contribution is 5.04. The maximum Gasteiger partial charge on any atom is 0.0908 e. The van der Waals surface area contributed by atoms with Gasteiger partial charge in [-0.3, -0.25) is 0 Å². The minimum Gasteiger partial charge on any atom is -0.333 e. The summed E-state index contributed by atoms with van der Waals surface area (Å²) >= 11 is 0. The molecule has 0 unspecified atom stereocenters. The van der Waals surface area contributed by atoms with Gasteiger partial charge in [-0.1, -0.05) is 18.9 Å². The highest BCUT2D eigenvalue weighted by Crippen LogP contribution is 2.25. The van der Waals surface area contributed by atoms with Crippen molar-refractivity contribution in [3.05, 3.63) is 12.2 Å². The van der Waals surface area contributed by atoms with Crippen LogP contribution in [0.2, 0.25) is 0 Å². The first-order valence-corrected chi connectivity index (χ1v) is 5.23. The van der Waals surface area contributed by atoms with E-state index in [-0.39, 0.29) is 0 Å². The van der Waals surface area contributed by atoms with E-state index in [9.17, 15) is 0 Å². The SMILES string of the molecule is CN.CN.CN.N#CC=CC1CCCC1. The quantitative estimate of drug-likeness (QED) is 0.566. The number of hydrogen-bond acceptors (Lipinski definition) is 4. The van der Waals surface area contributed by atoms with E-state index in [1.165, 1.54) is 46.8 Å². The van der Waals surface area contributed by atoms with E-state index in [2.05, 4.69) is 17.2 Å².